The molecule has 1 amide bonds. The van der Waals surface area contributed by atoms with E-state index in [4.69, 9.17) is 9.47 Å². The number of methoxy groups -OCH3 is 2. The molecule has 1 fully saturated rings. The van der Waals surface area contributed by atoms with Crippen LogP contribution in [0.5, 0.6) is 11.5 Å². The fraction of sp³-hybridized carbons (Fsp3) is 0.360. The summed E-state index contributed by atoms with van der Waals surface area (Å²) in [5, 5.41) is 7.62. The molecular weight excluding hydrogens is 404 g/mol. The predicted molar refractivity (Wildman–Crippen MR) is 125 cm³/mol. The van der Waals surface area contributed by atoms with E-state index < -0.39 is 0 Å². The van der Waals surface area contributed by atoms with Gasteiger partial charge in [0.05, 0.1) is 32.1 Å². The van der Waals surface area contributed by atoms with Crippen molar-refractivity contribution in [3.05, 3.63) is 65.4 Å². The van der Waals surface area contributed by atoms with Crippen molar-refractivity contribution < 1.29 is 14.3 Å². The van der Waals surface area contributed by atoms with Gasteiger partial charge in [-0.15, -0.1) is 0 Å². The van der Waals surface area contributed by atoms with Gasteiger partial charge in [-0.3, -0.25) is 9.69 Å². The first-order valence-corrected chi connectivity index (χ1v) is 10.9. The van der Waals surface area contributed by atoms with E-state index in [1.165, 1.54) is 5.56 Å². The highest BCUT2D eigenvalue weighted by atomic mass is 16.5. The topological polar surface area (TPSA) is 68.6 Å². The van der Waals surface area contributed by atoms with Crippen molar-refractivity contribution in [3.8, 4) is 17.2 Å². The molecule has 0 bridgehead atoms. The minimum Gasteiger partial charge on any atom is -0.497 e. The van der Waals surface area contributed by atoms with E-state index in [1.807, 2.05) is 62.4 Å². The van der Waals surface area contributed by atoms with Gasteiger partial charge in [0.1, 0.15) is 17.3 Å². The van der Waals surface area contributed by atoms with Crippen LogP contribution in [0, 0.1) is 13.8 Å². The van der Waals surface area contributed by atoms with Gasteiger partial charge < -0.3 is 14.8 Å². The van der Waals surface area contributed by atoms with Gasteiger partial charge in [-0.1, -0.05) is 17.7 Å². The number of nitrogens with one attached hydrogen (secondary N) is 1. The monoisotopic (exact) mass is 434 g/mol. The molecule has 1 aliphatic rings. The Morgan fingerprint density at radius 1 is 1.09 bits per heavy atom. The molecule has 0 spiro atoms. The van der Waals surface area contributed by atoms with Crippen LogP contribution < -0.4 is 14.8 Å². The summed E-state index contributed by atoms with van der Waals surface area (Å²) in [6.45, 7) is 5.12. The van der Waals surface area contributed by atoms with Crippen LogP contribution in [0.15, 0.2) is 48.5 Å². The number of carbonyl (C=O) groups excluding carboxylic acids is 1. The number of ether oxygens (including phenoxy) is 2. The molecule has 0 unspecified atom stereocenters. The van der Waals surface area contributed by atoms with Crippen molar-refractivity contribution in [2.24, 2.45) is 0 Å². The van der Waals surface area contributed by atoms with Crippen molar-refractivity contribution in [1.29, 1.82) is 0 Å². The maximum absolute atomic E-state index is 13.0. The molecule has 7 heteroatoms. The number of likely N-dealkylation sites (tertiary alicyclic amines) is 1. The zero-order valence-corrected chi connectivity index (χ0v) is 19.1. The van der Waals surface area contributed by atoms with Crippen LogP contribution in [0.1, 0.15) is 35.7 Å². The maximum atomic E-state index is 13.0. The van der Waals surface area contributed by atoms with E-state index in [1.54, 1.807) is 18.9 Å². The Kier molecular flexibility index (Phi) is 6.46. The first-order chi connectivity index (χ1) is 15.5. The predicted octanol–water partition coefficient (Wildman–Crippen LogP) is 4.28. The summed E-state index contributed by atoms with van der Waals surface area (Å²) in [7, 11) is 3.33. The standard InChI is InChI=1S/C25H30N4O3/c1-17-7-9-19(10-8-17)29-24(14-18(2)27-29)26-25(30)16-28-13-5-6-22(28)21-15-20(31-3)11-12-23(21)32-4/h7-12,14-15,22H,5-6,13,16H2,1-4H3,(H,26,30)/t22-/m0/s1. The summed E-state index contributed by atoms with van der Waals surface area (Å²) >= 11 is 0. The van der Waals surface area contributed by atoms with Crippen LogP contribution in [0.2, 0.25) is 0 Å². The van der Waals surface area contributed by atoms with Gasteiger partial charge in [0, 0.05) is 17.7 Å². The Balaban J connectivity index is 1.51. The molecule has 4 rings (SSSR count). The molecule has 0 radical (unpaired) electrons. The molecule has 1 saturated heterocycles. The van der Waals surface area contributed by atoms with E-state index in [-0.39, 0.29) is 11.9 Å². The van der Waals surface area contributed by atoms with E-state index in [2.05, 4.69) is 15.3 Å². The lowest BCUT2D eigenvalue weighted by Crippen LogP contribution is -2.33. The van der Waals surface area contributed by atoms with Gasteiger partial charge >= 0.3 is 0 Å². The van der Waals surface area contributed by atoms with E-state index >= 15 is 0 Å². The Hall–Kier alpha value is -3.32. The minimum absolute atomic E-state index is 0.0629. The summed E-state index contributed by atoms with van der Waals surface area (Å²) in [5.41, 5.74) is 3.99. The molecular formula is C25H30N4O3. The summed E-state index contributed by atoms with van der Waals surface area (Å²) in [6.07, 6.45) is 2.00. The molecule has 0 saturated carbocycles. The first kappa shape index (κ1) is 21.9. The third-order valence-corrected chi connectivity index (χ3v) is 5.88. The number of anilines is 1. The lowest BCUT2D eigenvalue weighted by Gasteiger charge is -2.26. The molecule has 2 heterocycles. The Bertz CT molecular complexity index is 1090. The largest absolute Gasteiger partial charge is 0.497 e. The van der Waals surface area contributed by atoms with Crippen LogP contribution in [-0.4, -0.2) is 47.9 Å². The molecule has 2 aromatic carbocycles. The number of nitrogens with zero attached hydrogens (tertiary/aromatic N) is 3. The molecule has 1 N–H and O–H groups in total. The number of aryl methyl sites for hydroxylation is 2. The van der Waals surface area contributed by atoms with Crippen molar-refractivity contribution in [2.75, 3.05) is 32.6 Å². The third kappa shape index (κ3) is 4.62. The maximum Gasteiger partial charge on any atom is 0.239 e. The molecule has 1 aliphatic heterocycles. The average molecular weight is 435 g/mol. The number of hydrogen-bond acceptors (Lipinski definition) is 5. The lowest BCUT2D eigenvalue weighted by molar-refractivity contribution is -0.117. The quantitative estimate of drug-likeness (QED) is 0.601. The number of hydrogen-bond donors (Lipinski definition) is 1. The zero-order valence-electron chi connectivity index (χ0n) is 19.1. The fourth-order valence-corrected chi connectivity index (χ4v) is 4.31. The zero-order chi connectivity index (χ0) is 22.7. The fourth-order valence-electron chi connectivity index (χ4n) is 4.31. The Labute approximate surface area is 188 Å². The van der Waals surface area contributed by atoms with Crippen LogP contribution in [-0.2, 0) is 4.79 Å². The number of rotatable bonds is 7. The van der Waals surface area contributed by atoms with Gasteiger partial charge in [0.2, 0.25) is 5.91 Å². The van der Waals surface area contributed by atoms with Gasteiger partial charge in [-0.05, 0) is 63.6 Å². The first-order valence-electron chi connectivity index (χ1n) is 10.9. The summed E-state index contributed by atoms with van der Waals surface area (Å²) in [4.78, 5) is 15.2. The summed E-state index contributed by atoms with van der Waals surface area (Å²) < 4.78 is 12.8. The van der Waals surface area contributed by atoms with Crippen molar-refractivity contribution in [3.63, 3.8) is 0 Å². The smallest absolute Gasteiger partial charge is 0.239 e. The number of benzene rings is 2. The highest BCUT2D eigenvalue weighted by Crippen LogP contribution is 2.38. The molecule has 168 valence electrons. The highest BCUT2D eigenvalue weighted by molar-refractivity contribution is 5.91. The van der Waals surface area contributed by atoms with E-state index in [0.717, 1.165) is 47.8 Å². The Morgan fingerprint density at radius 2 is 1.88 bits per heavy atom. The van der Waals surface area contributed by atoms with Crippen LogP contribution in [0.25, 0.3) is 5.69 Å². The van der Waals surface area contributed by atoms with E-state index in [0.29, 0.717) is 12.4 Å². The lowest BCUT2D eigenvalue weighted by atomic mass is 10.0. The minimum atomic E-state index is -0.0629. The van der Waals surface area contributed by atoms with Crippen LogP contribution in [0.4, 0.5) is 5.82 Å². The van der Waals surface area contributed by atoms with Gasteiger partial charge in [0.25, 0.3) is 0 Å². The highest BCUT2D eigenvalue weighted by Gasteiger charge is 2.30. The second-order valence-electron chi connectivity index (χ2n) is 8.20. The van der Waals surface area contributed by atoms with Crippen LogP contribution in [0.3, 0.4) is 0 Å². The van der Waals surface area contributed by atoms with Gasteiger partial charge in [-0.25, -0.2) is 4.68 Å². The Morgan fingerprint density at radius 3 is 2.59 bits per heavy atom. The second-order valence-corrected chi connectivity index (χ2v) is 8.20. The van der Waals surface area contributed by atoms with Crippen molar-refractivity contribution >= 4 is 11.7 Å². The molecule has 0 aliphatic carbocycles. The number of amides is 1. The van der Waals surface area contributed by atoms with Crippen molar-refractivity contribution in [2.45, 2.75) is 32.7 Å². The molecule has 1 aromatic heterocycles. The van der Waals surface area contributed by atoms with Gasteiger partial charge in [-0.2, -0.15) is 5.10 Å². The van der Waals surface area contributed by atoms with E-state index in [9.17, 15) is 4.79 Å². The summed E-state index contributed by atoms with van der Waals surface area (Å²) in [6, 6.07) is 15.9. The normalized spacial score (nSPS) is 16.2. The third-order valence-electron chi connectivity index (χ3n) is 5.88. The number of carbonyl (C=O) groups is 1. The molecule has 1 atom stereocenters. The second kappa shape index (κ2) is 9.44. The van der Waals surface area contributed by atoms with Crippen molar-refractivity contribution in [1.82, 2.24) is 14.7 Å². The van der Waals surface area contributed by atoms with Gasteiger partial charge in [0.15, 0.2) is 0 Å². The number of aromatic nitrogens is 2. The SMILES string of the molecule is COc1ccc(OC)c([C@@H]2CCCN2CC(=O)Nc2cc(C)nn2-c2ccc(C)cc2)c1. The molecule has 7 nitrogen and oxygen atoms in total. The van der Waals surface area contributed by atoms with Crippen LogP contribution >= 0.6 is 0 Å². The summed E-state index contributed by atoms with van der Waals surface area (Å²) in [5.74, 6) is 2.21. The molecule has 32 heavy (non-hydrogen) atoms. The molecule has 3 aromatic rings. The average Bonchev–Trinajstić information content (AvgIpc) is 3.39.